The van der Waals surface area contributed by atoms with Gasteiger partial charge >= 0.3 is 12.4 Å². The molecule has 0 N–H and O–H groups in total. The van der Waals surface area contributed by atoms with Crippen LogP contribution in [-0.4, -0.2) is 4.98 Å². The highest BCUT2D eigenvalue weighted by Gasteiger charge is 2.31. The summed E-state index contributed by atoms with van der Waals surface area (Å²) < 4.78 is 78.5. The molecule has 0 spiro atoms. The molecule has 1 aromatic heterocycles. The van der Waals surface area contributed by atoms with Crippen LogP contribution in [0.25, 0.3) is 43.8 Å². The Morgan fingerprint density at radius 1 is 0.471 bits per heavy atom. The van der Waals surface area contributed by atoms with Crippen molar-refractivity contribution in [3.63, 3.8) is 0 Å². The number of aromatic nitrogens is 1. The van der Waals surface area contributed by atoms with Crippen molar-refractivity contribution in [1.29, 1.82) is 0 Å². The minimum absolute atomic E-state index is 0.584. The Labute approximate surface area is 190 Å². The molecule has 170 valence electrons. The van der Waals surface area contributed by atoms with Gasteiger partial charge in [0.05, 0.1) is 11.1 Å². The SMILES string of the molecule is FC(F)(F)c1ccc(-c2c3ccccc3c(-c3ccc(C(F)(F)F)cc3)c3cnccc23)cc1. The molecule has 0 aliphatic heterocycles. The molecule has 5 rings (SSSR count). The van der Waals surface area contributed by atoms with E-state index in [0.717, 1.165) is 46.0 Å². The fourth-order valence-corrected chi connectivity index (χ4v) is 4.29. The van der Waals surface area contributed by atoms with Crippen molar-refractivity contribution in [3.05, 3.63) is 102 Å². The normalized spacial score (nSPS) is 12.4. The monoisotopic (exact) mass is 467 g/mol. The van der Waals surface area contributed by atoms with Gasteiger partial charge < -0.3 is 0 Å². The molecule has 0 aliphatic rings. The van der Waals surface area contributed by atoms with E-state index in [-0.39, 0.29) is 0 Å². The molecule has 0 unspecified atom stereocenters. The first-order chi connectivity index (χ1) is 16.1. The van der Waals surface area contributed by atoms with Crippen LogP contribution in [0.5, 0.6) is 0 Å². The Bertz CT molecular complexity index is 1330. The second kappa shape index (κ2) is 7.87. The number of hydrogen-bond acceptors (Lipinski definition) is 1. The molecule has 34 heavy (non-hydrogen) atoms. The molecule has 0 saturated heterocycles. The lowest BCUT2D eigenvalue weighted by Crippen LogP contribution is -2.04. The van der Waals surface area contributed by atoms with Crippen molar-refractivity contribution in [1.82, 2.24) is 4.98 Å². The van der Waals surface area contributed by atoms with E-state index in [1.165, 1.54) is 24.3 Å². The summed E-state index contributed by atoms with van der Waals surface area (Å²) in [6, 6.07) is 19.0. The molecule has 0 saturated carbocycles. The number of nitrogens with zero attached hydrogens (tertiary/aromatic N) is 1. The van der Waals surface area contributed by atoms with Gasteiger partial charge in [0.2, 0.25) is 0 Å². The summed E-state index contributed by atoms with van der Waals surface area (Å²) in [6.07, 6.45) is -5.68. The topological polar surface area (TPSA) is 12.9 Å². The molecule has 5 aromatic rings. The van der Waals surface area contributed by atoms with Crippen molar-refractivity contribution in [2.45, 2.75) is 12.4 Å². The fourth-order valence-electron chi connectivity index (χ4n) is 4.29. The van der Waals surface area contributed by atoms with Gasteiger partial charge in [-0.25, -0.2) is 0 Å². The first-order valence-corrected chi connectivity index (χ1v) is 10.3. The third-order valence-electron chi connectivity index (χ3n) is 5.83. The summed E-state index contributed by atoms with van der Waals surface area (Å²) in [5.74, 6) is 0. The number of pyridine rings is 1. The molecule has 4 aromatic carbocycles. The number of halogens is 6. The summed E-state index contributed by atoms with van der Waals surface area (Å²) >= 11 is 0. The number of hydrogen-bond donors (Lipinski definition) is 0. The van der Waals surface area contributed by atoms with Gasteiger partial charge in [0, 0.05) is 17.8 Å². The third-order valence-corrected chi connectivity index (χ3v) is 5.83. The summed E-state index contributed by atoms with van der Waals surface area (Å²) in [5, 5.41) is 2.97. The highest BCUT2D eigenvalue weighted by Crippen LogP contribution is 2.44. The van der Waals surface area contributed by atoms with Crippen LogP contribution in [0.1, 0.15) is 11.1 Å². The molecule has 1 heterocycles. The van der Waals surface area contributed by atoms with E-state index >= 15 is 0 Å². The highest BCUT2D eigenvalue weighted by molar-refractivity contribution is 6.21. The zero-order valence-electron chi connectivity index (χ0n) is 17.4. The zero-order valence-corrected chi connectivity index (χ0v) is 17.4. The van der Waals surface area contributed by atoms with Crippen LogP contribution < -0.4 is 0 Å². The average Bonchev–Trinajstić information content (AvgIpc) is 2.81. The Kier molecular flexibility index (Phi) is 5.08. The van der Waals surface area contributed by atoms with E-state index in [4.69, 9.17) is 0 Å². The van der Waals surface area contributed by atoms with Crippen molar-refractivity contribution >= 4 is 21.5 Å². The maximum absolute atomic E-state index is 13.1. The Hall–Kier alpha value is -3.87. The predicted molar refractivity (Wildman–Crippen MR) is 120 cm³/mol. The lowest BCUT2D eigenvalue weighted by molar-refractivity contribution is -0.138. The van der Waals surface area contributed by atoms with E-state index < -0.39 is 23.5 Å². The van der Waals surface area contributed by atoms with Gasteiger partial charge in [-0.1, -0.05) is 48.5 Å². The molecule has 0 aliphatic carbocycles. The first kappa shape index (κ1) is 21.9. The van der Waals surface area contributed by atoms with E-state index in [1.807, 2.05) is 24.3 Å². The Morgan fingerprint density at radius 2 is 0.882 bits per heavy atom. The number of benzene rings is 4. The molecule has 0 amide bonds. The maximum Gasteiger partial charge on any atom is 0.416 e. The molecule has 1 nitrogen and oxygen atoms in total. The minimum Gasteiger partial charge on any atom is -0.264 e. The van der Waals surface area contributed by atoms with Gasteiger partial charge in [-0.3, -0.25) is 4.98 Å². The smallest absolute Gasteiger partial charge is 0.264 e. The molecule has 0 fully saturated rings. The molecular weight excluding hydrogens is 452 g/mol. The summed E-state index contributed by atoms with van der Waals surface area (Å²) in [6.45, 7) is 0. The van der Waals surface area contributed by atoms with Crippen molar-refractivity contribution in [2.24, 2.45) is 0 Å². The number of alkyl halides is 6. The van der Waals surface area contributed by atoms with E-state index in [9.17, 15) is 26.3 Å². The average molecular weight is 467 g/mol. The highest BCUT2D eigenvalue weighted by atomic mass is 19.4. The van der Waals surface area contributed by atoms with Crippen LogP contribution >= 0.6 is 0 Å². The number of rotatable bonds is 2. The standard InChI is InChI=1S/C27H15F6N/c28-26(29,30)18-9-5-16(6-10-18)24-20-3-1-2-4-21(20)25(23-15-34-14-13-22(23)24)17-7-11-19(12-8-17)27(31,32)33/h1-15H. The van der Waals surface area contributed by atoms with Crippen LogP contribution in [0.2, 0.25) is 0 Å². The summed E-state index contributed by atoms with van der Waals surface area (Å²) in [4.78, 5) is 4.22. The quantitative estimate of drug-likeness (QED) is 0.187. The zero-order chi connectivity index (χ0) is 24.1. The van der Waals surface area contributed by atoms with Gasteiger partial charge in [0.15, 0.2) is 0 Å². The lowest BCUT2D eigenvalue weighted by atomic mass is 9.86. The van der Waals surface area contributed by atoms with Gasteiger partial charge in [-0.15, -0.1) is 0 Å². The van der Waals surface area contributed by atoms with Crippen LogP contribution in [0.15, 0.2) is 91.3 Å². The first-order valence-electron chi connectivity index (χ1n) is 10.3. The number of fused-ring (bicyclic) bond motifs is 2. The molecule has 7 heteroatoms. The largest absolute Gasteiger partial charge is 0.416 e. The molecular formula is C27H15F6N. The van der Waals surface area contributed by atoms with E-state index in [1.54, 1.807) is 18.5 Å². The second-order valence-electron chi connectivity index (χ2n) is 7.87. The van der Waals surface area contributed by atoms with Crippen LogP contribution in [0.4, 0.5) is 26.3 Å². The van der Waals surface area contributed by atoms with Crippen LogP contribution in [-0.2, 0) is 12.4 Å². The molecule has 0 radical (unpaired) electrons. The van der Waals surface area contributed by atoms with Crippen molar-refractivity contribution in [2.75, 3.05) is 0 Å². The van der Waals surface area contributed by atoms with E-state index in [2.05, 4.69) is 4.98 Å². The van der Waals surface area contributed by atoms with Gasteiger partial charge in [0.25, 0.3) is 0 Å². The van der Waals surface area contributed by atoms with E-state index in [0.29, 0.717) is 22.1 Å². The molecule has 0 atom stereocenters. The predicted octanol–water partition coefficient (Wildman–Crippen LogP) is 8.76. The fraction of sp³-hybridized carbons (Fsp3) is 0.0741. The van der Waals surface area contributed by atoms with Crippen molar-refractivity contribution < 1.29 is 26.3 Å². The lowest BCUT2D eigenvalue weighted by Gasteiger charge is -2.18. The van der Waals surface area contributed by atoms with Gasteiger partial charge in [0.1, 0.15) is 0 Å². The molecule has 0 bridgehead atoms. The van der Waals surface area contributed by atoms with Gasteiger partial charge in [-0.2, -0.15) is 26.3 Å². The minimum atomic E-state index is -4.45. The summed E-state index contributed by atoms with van der Waals surface area (Å²) in [5.41, 5.74) is 1.14. The van der Waals surface area contributed by atoms with Crippen molar-refractivity contribution in [3.8, 4) is 22.3 Å². The Morgan fingerprint density at radius 3 is 1.32 bits per heavy atom. The summed E-state index contributed by atoms with van der Waals surface area (Å²) in [7, 11) is 0. The van der Waals surface area contributed by atoms with Crippen LogP contribution in [0.3, 0.4) is 0 Å². The maximum atomic E-state index is 13.1. The van der Waals surface area contributed by atoms with Crippen LogP contribution in [0, 0.1) is 0 Å². The van der Waals surface area contributed by atoms with Gasteiger partial charge in [-0.05, 0) is 68.7 Å². The third kappa shape index (κ3) is 3.77. The Balaban J connectivity index is 1.81. The second-order valence-corrected chi connectivity index (χ2v) is 7.87.